The van der Waals surface area contributed by atoms with Gasteiger partial charge in [-0.3, -0.25) is 4.79 Å². The molecule has 4 heteroatoms. The lowest BCUT2D eigenvalue weighted by atomic mass is 9.89. The molecule has 2 aliphatic rings. The maximum Gasteiger partial charge on any atom is 0.234 e. The van der Waals surface area contributed by atoms with E-state index in [-0.39, 0.29) is 11.4 Å². The predicted octanol–water partition coefficient (Wildman–Crippen LogP) is 1.06. The van der Waals surface area contributed by atoms with Gasteiger partial charge >= 0.3 is 0 Å². The number of amides is 1. The Morgan fingerprint density at radius 3 is 2.65 bits per heavy atom. The molecule has 2 bridgehead atoms. The fraction of sp³-hybridized carbons (Fsp3) is 0.923. The summed E-state index contributed by atoms with van der Waals surface area (Å²) in [5, 5.41) is 6.19. The molecule has 0 aromatic carbocycles. The topological polar surface area (TPSA) is 50.4 Å². The number of carbonyl (C=O) groups is 1. The third kappa shape index (κ3) is 3.68. The highest BCUT2D eigenvalue weighted by atomic mass is 16.5. The summed E-state index contributed by atoms with van der Waals surface area (Å²) in [4.78, 5) is 11.6. The van der Waals surface area contributed by atoms with Crippen LogP contribution in [0.4, 0.5) is 0 Å². The maximum absolute atomic E-state index is 11.6. The van der Waals surface area contributed by atoms with Crippen LogP contribution in [0.2, 0.25) is 0 Å². The van der Waals surface area contributed by atoms with Gasteiger partial charge in [-0.15, -0.1) is 0 Å². The first-order valence-corrected chi connectivity index (χ1v) is 6.61. The SMILES string of the molecule is CC(C)(C)NC(=O)CNCC1CC2CCC1O2. The summed E-state index contributed by atoms with van der Waals surface area (Å²) in [5.74, 6) is 0.678. The van der Waals surface area contributed by atoms with Crippen LogP contribution >= 0.6 is 0 Å². The zero-order valence-corrected chi connectivity index (χ0v) is 11.1. The second-order valence-corrected chi connectivity index (χ2v) is 6.30. The van der Waals surface area contributed by atoms with Crippen LogP contribution < -0.4 is 10.6 Å². The van der Waals surface area contributed by atoms with E-state index in [1.54, 1.807) is 0 Å². The Morgan fingerprint density at radius 1 is 1.35 bits per heavy atom. The number of nitrogens with one attached hydrogen (secondary N) is 2. The minimum atomic E-state index is -0.145. The van der Waals surface area contributed by atoms with E-state index in [1.165, 1.54) is 19.3 Å². The summed E-state index contributed by atoms with van der Waals surface area (Å²) in [6.07, 6.45) is 4.53. The van der Waals surface area contributed by atoms with Crippen molar-refractivity contribution in [2.75, 3.05) is 13.1 Å². The lowest BCUT2D eigenvalue weighted by Crippen LogP contribution is -2.45. The van der Waals surface area contributed by atoms with Crippen LogP contribution in [0.1, 0.15) is 40.0 Å². The van der Waals surface area contributed by atoms with Crippen molar-refractivity contribution >= 4 is 5.91 Å². The second-order valence-electron chi connectivity index (χ2n) is 6.30. The molecule has 0 spiro atoms. The standard InChI is InChI=1S/C13H24N2O2/c1-13(2,3)15-12(16)8-14-7-9-6-10-4-5-11(9)17-10/h9-11,14H,4-8H2,1-3H3,(H,15,16). The van der Waals surface area contributed by atoms with Crippen molar-refractivity contribution in [3.05, 3.63) is 0 Å². The first-order valence-electron chi connectivity index (χ1n) is 6.61. The van der Waals surface area contributed by atoms with Gasteiger partial charge in [-0.05, 0) is 40.0 Å². The molecule has 2 saturated heterocycles. The Bertz CT molecular complexity index is 286. The minimum Gasteiger partial charge on any atom is -0.375 e. The smallest absolute Gasteiger partial charge is 0.234 e. The van der Waals surface area contributed by atoms with E-state index in [4.69, 9.17) is 4.74 Å². The molecule has 2 rings (SSSR count). The molecule has 0 aliphatic carbocycles. The number of ether oxygens (including phenoxy) is 1. The van der Waals surface area contributed by atoms with E-state index in [0.717, 1.165) is 6.54 Å². The Balaban J connectivity index is 1.62. The highest BCUT2D eigenvalue weighted by molar-refractivity contribution is 5.78. The number of carbonyl (C=O) groups excluding carboxylic acids is 1. The normalized spacial score (nSPS) is 31.8. The van der Waals surface area contributed by atoms with Crippen LogP contribution in [-0.4, -0.2) is 36.7 Å². The van der Waals surface area contributed by atoms with E-state index in [1.807, 2.05) is 20.8 Å². The molecule has 2 N–H and O–H groups in total. The summed E-state index contributed by atoms with van der Waals surface area (Å²) in [5.41, 5.74) is -0.145. The fourth-order valence-electron chi connectivity index (χ4n) is 2.79. The molecule has 3 atom stereocenters. The molecule has 0 saturated carbocycles. The van der Waals surface area contributed by atoms with Crippen LogP contribution in [0.25, 0.3) is 0 Å². The van der Waals surface area contributed by atoms with Gasteiger partial charge in [0.15, 0.2) is 0 Å². The van der Waals surface area contributed by atoms with Gasteiger partial charge in [0.2, 0.25) is 5.91 Å². The largest absolute Gasteiger partial charge is 0.375 e. The Morgan fingerprint density at radius 2 is 2.12 bits per heavy atom. The number of fused-ring (bicyclic) bond motifs is 2. The Kier molecular flexibility index (Phi) is 3.73. The monoisotopic (exact) mass is 240 g/mol. The molecule has 17 heavy (non-hydrogen) atoms. The number of hydrogen-bond donors (Lipinski definition) is 2. The highest BCUT2D eigenvalue weighted by Crippen LogP contribution is 2.38. The van der Waals surface area contributed by atoms with Gasteiger partial charge in [0.1, 0.15) is 0 Å². The van der Waals surface area contributed by atoms with Gasteiger partial charge in [-0.1, -0.05) is 0 Å². The van der Waals surface area contributed by atoms with Crippen LogP contribution in [0.15, 0.2) is 0 Å². The van der Waals surface area contributed by atoms with Crippen molar-refractivity contribution in [3.63, 3.8) is 0 Å². The van der Waals surface area contributed by atoms with Crippen LogP contribution in [0.3, 0.4) is 0 Å². The molecule has 0 aromatic heterocycles. The van der Waals surface area contributed by atoms with Gasteiger partial charge in [0, 0.05) is 18.0 Å². The fourth-order valence-corrected chi connectivity index (χ4v) is 2.79. The van der Waals surface area contributed by atoms with Crippen molar-refractivity contribution in [2.45, 2.75) is 57.8 Å². The Hall–Kier alpha value is -0.610. The predicted molar refractivity (Wildman–Crippen MR) is 66.8 cm³/mol. The molecule has 98 valence electrons. The summed E-state index contributed by atoms with van der Waals surface area (Å²) in [6.45, 7) is 7.29. The van der Waals surface area contributed by atoms with Gasteiger partial charge in [-0.2, -0.15) is 0 Å². The molecule has 0 radical (unpaired) electrons. The van der Waals surface area contributed by atoms with E-state index in [0.29, 0.717) is 24.7 Å². The Labute approximate surface area is 103 Å². The first kappa shape index (κ1) is 12.8. The lowest BCUT2D eigenvalue weighted by molar-refractivity contribution is -0.121. The second kappa shape index (κ2) is 4.94. The first-order chi connectivity index (χ1) is 7.94. The summed E-state index contributed by atoms with van der Waals surface area (Å²) in [6, 6.07) is 0. The third-order valence-electron chi connectivity index (χ3n) is 3.44. The van der Waals surface area contributed by atoms with E-state index in [9.17, 15) is 4.79 Å². The van der Waals surface area contributed by atoms with Crippen LogP contribution in [-0.2, 0) is 9.53 Å². The summed E-state index contributed by atoms with van der Waals surface area (Å²) >= 11 is 0. The molecule has 4 nitrogen and oxygen atoms in total. The van der Waals surface area contributed by atoms with E-state index >= 15 is 0 Å². The molecule has 0 aromatic rings. The van der Waals surface area contributed by atoms with Gasteiger partial charge in [0.25, 0.3) is 0 Å². The molecule has 2 aliphatic heterocycles. The summed E-state index contributed by atoms with van der Waals surface area (Å²) in [7, 11) is 0. The van der Waals surface area contributed by atoms with Crippen LogP contribution in [0, 0.1) is 5.92 Å². The van der Waals surface area contributed by atoms with Crippen LogP contribution in [0.5, 0.6) is 0 Å². The molecule has 2 heterocycles. The zero-order chi connectivity index (χ0) is 12.5. The van der Waals surface area contributed by atoms with Crippen molar-refractivity contribution < 1.29 is 9.53 Å². The average Bonchev–Trinajstić information content (AvgIpc) is 2.75. The molecule has 3 unspecified atom stereocenters. The third-order valence-corrected chi connectivity index (χ3v) is 3.44. The molecular weight excluding hydrogens is 216 g/mol. The van der Waals surface area contributed by atoms with E-state index in [2.05, 4.69) is 10.6 Å². The van der Waals surface area contributed by atoms with Crippen molar-refractivity contribution in [1.82, 2.24) is 10.6 Å². The van der Waals surface area contributed by atoms with Gasteiger partial charge in [0.05, 0.1) is 18.8 Å². The maximum atomic E-state index is 11.6. The molecule has 2 fully saturated rings. The quantitative estimate of drug-likeness (QED) is 0.772. The van der Waals surface area contributed by atoms with Gasteiger partial charge in [-0.25, -0.2) is 0 Å². The number of rotatable bonds is 4. The zero-order valence-electron chi connectivity index (χ0n) is 11.1. The highest BCUT2D eigenvalue weighted by Gasteiger charge is 2.40. The van der Waals surface area contributed by atoms with Crippen molar-refractivity contribution in [3.8, 4) is 0 Å². The summed E-state index contributed by atoms with van der Waals surface area (Å²) < 4.78 is 5.78. The van der Waals surface area contributed by atoms with Gasteiger partial charge < -0.3 is 15.4 Å². The van der Waals surface area contributed by atoms with Crippen molar-refractivity contribution in [2.24, 2.45) is 5.92 Å². The lowest BCUT2D eigenvalue weighted by Gasteiger charge is -2.22. The average molecular weight is 240 g/mol. The molecule has 1 amide bonds. The van der Waals surface area contributed by atoms with E-state index < -0.39 is 0 Å². The molecular formula is C13H24N2O2. The number of hydrogen-bond acceptors (Lipinski definition) is 3. The minimum absolute atomic E-state index is 0.0709. The van der Waals surface area contributed by atoms with Crippen molar-refractivity contribution in [1.29, 1.82) is 0 Å².